The maximum absolute atomic E-state index is 13.4. The minimum atomic E-state index is -0.565. The SMILES string of the molecule is N#CC[C@@H](C1CC1)N1NC(Nc2ccnc(F)c2)C2C(=O)NCCC21. The number of fused-ring (bicyclic) bond motifs is 1. The second-order valence-corrected chi connectivity index (χ2v) is 6.97. The number of hydrogen-bond acceptors (Lipinski definition) is 6. The highest BCUT2D eigenvalue weighted by molar-refractivity contribution is 5.82. The first-order chi connectivity index (χ1) is 12.2. The molecular weight excluding hydrogens is 323 g/mol. The fraction of sp³-hybridized carbons (Fsp3) is 0.588. The lowest BCUT2D eigenvalue weighted by atomic mass is 9.90. The first-order valence-corrected chi connectivity index (χ1v) is 8.74. The highest BCUT2D eigenvalue weighted by atomic mass is 19.1. The fourth-order valence-corrected chi connectivity index (χ4v) is 4.04. The zero-order valence-electron chi connectivity index (χ0n) is 13.8. The van der Waals surface area contributed by atoms with Crippen LogP contribution < -0.4 is 16.1 Å². The van der Waals surface area contributed by atoms with Gasteiger partial charge in [0.25, 0.3) is 0 Å². The Morgan fingerprint density at radius 3 is 3.04 bits per heavy atom. The van der Waals surface area contributed by atoms with E-state index in [0.29, 0.717) is 24.6 Å². The molecule has 2 saturated heterocycles. The summed E-state index contributed by atoms with van der Waals surface area (Å²) in [4.78, 5) is 16.0. The van der Waals surface area contributed by atoms with Gasteiger partial charge in [-0.1, -0.05) is 0 Å². The largest absolute Gasteiger partial charge is 0.368 e. The summed E-state index contributed by atoms with van der Waals surface area (Å²) in [7, 11) is 0. The number of halogens is 1. The van der Waals surface area contributed by atoms with Gasteiger partial charge in [-0.15, -0.1) is 0 Å². The highest BCUT2D eigenvalue weighted by Crippen LogP contribution is 2.40. The molecule has 3 aliphatic rings. The van der Waals surface area contributed by atoms with Gasteiger partial charge in [0.2, 0.25) is 11.9 Å². The minimum absolute atomic E-state index is 0.00946. The Labute approximate surface area is 145 Å². The average Bonchev–Trinajstić information content (AvgIpc) is 3.36. The fourth-order valence-electron chi connectivity index (χ4n) is 4.04. The van der Waals surface area contributed by atoms with Crippen molar-refractivity contribution in [1.82, 2.24) is 20.7 Å². The monoisotopic (exact) mass is 344 g/mol. The molecule has 8 heteroatoms. The molecular formula is C17H21FN6O. The van der Waals surface area contributed by atoms with Crippen molar-refractivity contribution in [3.8, 4) is 6.07 Å². The number of hydrazine groups is 1. The lowest BCUT2D eigenvalue weighted by Crippen LogP contribution is -2.52. The number of aromatic nitrogens is 1. The van der Waals surface area contributed by atoms with E-state index in [1.807, 2.05) is 0 Å². The van der Waals surface area contributed by atoms with E-state index in [1.54, 1.807) is 6.07 Å². The number of nitrogens with one attached hydrogen (secondary N) is 3. The number of amides is 1. The number of nitriles is 1. The van der Waals surface area contributed by atoms with Crippen LogP contribution in [0.15, 0.2) is 18.3 Å². The van der Waals surface area contributed by atoms with Crippen LogP contribution in [0.3, 0.4) is 0 Å². The molecule has 3 N–H and O–H groups in total. The van der Waals surface area contributed by atoms with Crippen LogP contribution in [0.4, 0.5) is 10.1 Å². The topological polar surface area (TPSA) is 93.1 Å². The molecule has 1 aromatic rings. The van der Waals surface area contributed by atoms with E-state index in [4.69, 9.17) is 0 Å². The maximum Gasteiger partial charge on any atom is 0.228 e. The molecule has 1 saturated carbocycles. The number of piperidine rings is 1. The van der Waals surface area contributed by atoms with Crippen molar-refractivity contribution in [2.75, 3.05) is 11.9 Å². The summed E-state index contributed by atoms with van der Waals surface area (Å²) < 4.78 is 13.4. The Bertz CT molecular complexity index is 703. The van der Waals surface area contributed by atoms with Crippen molar-refractivity contribution >= 4 is 11.6 Å². The molecule has 0 bridgehead atoms. The molecule has 4 rings (SSSR count). The molecule has 3 heterocycles. The molecule has 7 nitrogen and oxygen atoms in total. The number of carbonyl (C=O) groups is 1. The maximum atomic E-state index is 13.4. The third kappa shape index (κ3) is 3.17. The molecule has 2 aliphatic heterocycles. The summed E-state index contributed by atoms with van der Waals surface area (Å²) in [6.45, 7) is 0.638. The first kappa shape index (κ1) is 16.2. The number of rotatable bonds is 5. The van der Waals surface area contributed by atoms with Crippen LogP contribution in [0.2, 0.25) is 0 Å². The van der Waals surface area contributed by atoms with E-state index in [-0.39, 0.29) is 30.1 Å². The van der Waals surface area contributed by atoms with Crippen LogP contribution in [0.25, 0.3) is 0 Å². The van der Waals surface area contributed by atoms with Gasteiger partial charge in [-0.25, -0.2) is 15.4 Å². The Balaban J connectivity index is 1.58. The Morgan fingerprint density at radius 2 is 2.32 bits per heavy atom. The second kappa shape index (κ2) is 6.58. The van der Waals surface area contributed by atoms with Gasteiger partial charge in [0, 0.05) is 36.6 Å². The predicted octanol–water partition coefficient (Wildman–Crippen LogP) is 0.976. The first-order valence-electron chi connectivity index (χ1n) is 8.74. The van der Waals surface area contributed by atoms with E-state index < -0.39 is 5.95 Å². The molecule has 1 amide bonds. The van der Waals surface area contributed by atoms with Crippen molar-refractivity contribution in [3.05, 3.63) is 24.3 Å². The number of carbonyl (C=O) groups excluding carboxylic acids is 1. The van der Waals surface area contributed by atoms with Crippen molar-refractivity contribution in [3.63, 3.8) is 0 Å². The van der Waals surface area contributed by atoms with Crippen molar-refractivity contribution < 1.29 is 9.18 Å². The molecule has 0 spiro atoms. The Kier molecular flexibility index (Phi) is 4.27. The summed E-state index contributed by atoms with van der Waals surface area (Å²) in [5, 5.41) is 17.5. The quantitative estimate of drug-likeness (QED) is 0.690. The van der Waals surface area contributed by atoms with Crippen LogP contribution in [-0.2, 0) is 4.79 Å². The van der Waals surface area contributed by atoms with Gasteiger partial charge in [-0.05, 0) is 31.2 Å². The van der Waals surface area contributed by atoms with Crippen molar-refractivity contribution in [2.45, 2.75) is 43.9 Å². The van der Waals surface area contributed by atoms with Gasteiger partial charge in [0.1, 0.15) is 6.17 Å². The lowest BCUT2D eigenvalue weighted by molar-refractivity contribution is -0.128. The van der Waals surface area contributed by atoms with E-state index in [2.05, 4.69) is 32.1 Å². The van der Waals surface area contributed by atoms with Gasteiger partial charge in [0.15, 0.2) is 0 Å². The molecule has 1 aliphatic carbocycles. The summed E-state index contributed by atoms with van der Waals surface area (Å²) in [6.07, 6.45) is 4.58. The van der Waals surface area contributed by atoms with Gasteiger partial charge in [0.05, 0.1) is 18.4 Å². The average molecular weight is 344 g/mol. The van der Waals surface area contributed by atoms with Gasteiger partial charge >= 0.3 is 0 Å². The number of anilines is 1. The Morgan fingerprint density at radius 1 is 1.48 bits per heavy atom. The number of pyridine rings is 1. The Hall–Kier alpha value is -2.24. The molecule has 0 radical (unpaired) electrons. The number of hydrogen-bond donors (Lipinski definition) is 3. The summed E-state index contributed by atoms with van der Waals surface area (Å²) in [6, 6.07) is 5.43. The predicted molar refractivity (Wildman–Crippen MR) is 88.2 cm³/mol. The third-order valence-corrected chi connectivity index (χ3v) is 5.33. The summed E-state index contributed by atoms with van der Waals surface area (Å²) in [5.74, 6) is -0.352. The van der Waals surface area contributed by atoms with Crippen LogP contribution >= 0.6 is 0 Å². The van der Waals surface area contributed by atoms with E-state index in [9.17, 15) is 14.4 Å². The molecule has 132 valence electrons. The van der Waals surface area contributed by atoms with Crippen molar-refractivity contribution in [1.29, 1.82) is 5.26 Å². The minimum Gasteiger partial charge on any atom is -0.368 e. The smallest absolute Gasteiger partial charge is 0.228 e. The second-order valence-electron chi connectivity index (χ2n) is 6.97. The van der Waals surface area contributed by atoms with Crippen molar-refractivity contribution in [2.24, 2.45) is 11.8 Å². The normalized spacial score (nSPS) is 30.2. The highest BCUT2D eigenvalue weighted by Gasteiger charge is 2.51. The zero-order valence-corrected chi connectivity index (χ0v) is 13.8. The molecule has 3 unspecified atom stereocenters. The molecule has 0 aromatic carbocycles. The van der Waals surface area contributed by atoms with Gasteiger partial charge in [-0.3, -0.25) is 4.79 Å². The summed E-state index contributed by atoms with van der Waals surface area (Å²) in [5.41, 5.74) is 3.98. The molecule has 3 fully saturated rings. The summed E-state index contributed by atoms with van der Waals surface area (Å²) >= 11 is 0. The van der Waals surface area contributed by atoms with Crippen LogP contribution in [-0.4, -0.2) is 40.7 Å². The standard InChI is InChI=1S/C17H21FN6O/c18-14-9-11(4-7-20-14)22-16-15-13(5-8-21-17(15)25)24(23-16)12(3-6-19)10-1-2-10/h4,7,9-10,12-13,15-16,23H,1-3,5,8H2,(H,20,22)(H,21,25)/t12-,13?,15?,16?/m0/s1. The molecule has 4 atom stereocenters. The number of nitrogens with zero attached hydrogens (tertiary/aromatic N) is 3. The molecule has 25 heavy (non-hydrogen) atoms. The van der Waals surface area contributed by atoms with E-state index in [0.717, 1.165) is 19.3 Å². The third-order valence-electron chi connectivity index (χ3n) is 5.33. The van der Waals surface area contributed by atoms with E-state index in [1.165, 1.54) is 12.3 Å². The van der Waals surface area contributed by atoms with Crippen LogP contribution in [0.1, 0.15) is 25.7 Å². The lowest BCUT2D eigenvalue weighted by Gasteiger charge is -2.34. The van der Waals surface area contributed by atoms with Crippen LogP contribution in [0, 0.1) is 29.1 Å². The van der Waals surface area contributed by atoms with Crippen LogP contribution in [0.5, 0.6) is 0 Å². The van der Waals surface area contributed by atoms with Gasteiger partial charge in [-0.2, -0.15) is 9.65 Å². The molecule has 1 aromatic heterocycles. The van der Waals surface area contributed by atoms with E-state index >= 15 is 0 Å². The zero-order chi connectivity index (χ0) is 17.4. The van der Waals surface area contributed by atoms with Gasteiger partial charge < -0.3 is 10.6 Å².